The number of piperazine rings is 1. The van der Waals surface area contributed by atoms with Gasteiger partial charge in [-0.1, -0.05) is 63.9 Å². The van der Waals surface area contributed by atoms with Crippen LogP contribution in [0.15, 0.2) is 71.2 Å². The van der Waals surface area contributed by atoms with E-state index < -0.39 is 17.8 Å². The number of rotatable bonds is 7. The maximum atomic E-state index is 14.5. The molecule has 244 valence electrons. The molecule has 0 spiro atoms. The number of carbonyl (C=O) groups is 4. The highest BCUT2D eigenvalue weighted by molar-refractivity contribution is 9.10. The largest absolute Gasteiger partial charge is 0.488 e. The molecule has 2 aliphatic heterocycles. The quantitative estimate of drug-likeness (QED) is 0.166. The Balaban J connectivity index is 0.00000235. The van der Waals surface area contributed by atoms with E-state index in [9.17, 15) is 19.2 Å². The van der Waals surface area contributed by atoms with Crippen molar-refractivity contribution in [1.82, 2.24) is 20.4 Å². The molecule has 2 fully saturated rings. The van der Waals surface area contributed by atoms with Gasteiger partial charge in [-0.05, 0) is 69.3 Å². The summed E-state index contributed by atoms with van der Waals surface area (Å²) < 4.78 is 7.31. The van der Waals surface area contributed by atoms with Crippen LogP contribution in [0.5, 0.6) is 5.75 Å². The molecule has 2 heterocycles. The van der Waals surface area contributed by atoms with E-state index >= 15 is 0 Å². The Labute approximate surface area is 282 Å². The molecule has 3 unspecified atom stereocenters. The number of ketones is 1. The number of hydrogen-bond donors (Lipinski definition) is 3. The lowest BCUT2D eigenvalue weighted by Crippen LogP contribution is -2.54. The summed E-state index contributed by atoms with van der Waals surface area (Å²) in [5.74, 6) is -0.157. The van der Waals surface area contributed by atoms with Crippen LogP contribution in [0.1, 0.15) is 72.5 Å². The van der Waals surface area contributed by atoms with Crippen molar-refractivity contribution >= 4 is 51.5 Å². The summed E-state index contributed by atoms with van der Waals surface area (Å²) in [7, 11) is 1.50. The Morgan fingerprint density at radius 3 is 2.41 bits per heavy atom. The molecule has 12 heteroatoms. The van der Waals surface area contributed by atoms with E-state index in [4.69, 9.17) is 16.3 Å². The number of urea groups is 1. The fraction of sp³-hybridized carbons (Fsp3) is 0.353. The van der Waals surface area contributed by atoms with E-state index in [1.54, 1.807) is 34.1 Å². The monoisotopic (exact) mass is 711 g/mol. The zero-order valence-corrected chi connectivity index (χ0v) is 28.6. The smallest absolute Gasteiger partial charge is 0.322 e. The van der Waals surface area contributed by atoms with Gasteiger partial charge in [0.1, 0.15) is 30.3 Å². The summed E-state index contributed by atoms with van der Waals surface area (Å²) in [6.45, 7) is 6.32. The van der Waals surface area contributed by atoms with Gasteiger partial charge in [-0.25, -0.2) is 4.79 Å². The SMILES string of the molecule is CC(C)(C)Oc1cc(C(=O)CC=O)ccc1C1NC(c2ccc(Br)cc2)C(c2cccc(Cl)c2)N1C(=O)N1CCNC(=O)C1.CN. The summed E-state index contributed by atoms with van der Waals surface area (Å²) in [6.07, 6.45) is -0.398. The van der Waals surface area contributed by atoms with Crippen LogP contribution in [0.4, 0.5) is 4.79 Å². The first-order valence-electron chi connectivity index (χ1n) is 14.9. The van der Waals surface area contributed by atoms with E-state index in [1.807, 2.05) is 63.2 Å². The topological polar surface area (TPSA) is 134 Å². The van der Waals surface area contributed by atoms with Gasteiger partial charge in [0.25, 0.3) is 0 Å². The van der Waals surface area contributed by atoms with E-state index in [0.717, 1.165) is 15.6 Å². The summed E-state index contributed by atoms with van der Waals surface area (Å²) in [4.78, 5) is 54.0. The summed E-state index contributed by atoms with van der Waals surface area (Å²) in [5.41, 5.74) is 6.57. The summed E-state index contributed by atoms with van der Waals surface area (Å²) in [6, 6.07) is 19.1. The molecule has 46 heavy (non-hydrogen) atoms. The van der Waals surface area contributed by atoms with Crippen molar-refractivity contribution in [3.8, 4) is 5.75 Å². The third kappa shape index (κ3) is 8.14. The van der Waals surface area contributed by atoms with Crippen LogP contribution in [0.2, 0.25) is 5.02 Å². The number of amides is 3. The molecule has 3 atom stereocenters. The van der Waals surface area contributed by atoms with Gasteiger partial charge < -0.3 is 25.5 Å². The maximum absolute atomic E-state index is 14.5. The van der Waals surface area contributed by atoms with Gasteiger partial charge in [0.15, 0.2) is 5.78 Å². The van der Waals surface area contributed by atoms with E-state index in [-0.39, 0.29) is 36.7 Å². The fourth-order valence-electron chi connectivity index (χ4n) is 5.63. The van der Waals surface area contributed by atoms with Crippen LogP contribution in [0, 0.1) is 0 Å². The molecular formula is C34H39BrClN5O5. The number of ether oxygens (including phenoxy) is 1. The number of Topliss-reactive ketones (excluding diaryl/α,β-unsaturated/α-hetero) is 1. The molecule has 5 rings (SSSR count). The molecule has 10 nitrogen and oxygen atoms in total. The average Bonchev–Trinajstić information content (AvgIpc) is 3.41. The second kappa shape index (κ2) is 15.2. The fourth-order valence-corrected chi connectivity index (χ4v) is 6.10. The molecule has 0 saturated carbocycles. The Morgan fingerprint density at radius 1 is 1.07 bits per heavy atom. The van der Waals surface area contributed by atoms with E-state index in [2.05, 4.69) is 32.3 Å². The van der Waals surface area contributed by atoms with Crippen LogP contribution >= 0.6 is 27.5 Å². The molecule has 0 aliphatic carbocycles. The normalized spacial score (nSPS) is 19.5. The summed E-state index contributed by atoms with van der Waals surface area (Å²) in [5, 5.41) is 7.01. The standard InChI is InChI=1S/C33H34BrClN4O5.CH5N/c1-33(2,3)44-27-18-21(26(41)13-16-40)9-12-25(27)31-37-29(20-7-10-23(34)11-8-20)30(22-5-4-6-24(35)17-22)39(31)32(43)38-15-14-36-28(42)19-38;1-2/h4-12,16-18,29-31,37H,13-15,19H2,1-3H3,(H,36,42);2H2,1H3. The first-order chi connectivity index (χ1) is 21.9. The lowest BCUT2D eigenvalue weighted by molar-refractivity contribution is -0.123. The predicted molar refractivity (Wildman–Crippen MR) is 181 cm³/mol. The molecule has 3 aromatic rings. The zero-order valence-electron chi connectivity index (χ0n) is 26.3. The third-order valence-electron chi connectivity index (χ3n) is 7.50. The second-order valence-corrected chi connectivity index (χ2v) is 13.2. The van der Waals surface area contributed by atoms with Gasteiger partial charge in [0, 0.05) is 33.7 Å². The van der Waals surface area contributed by atoms with E-state index in [0.29, 0.717) is 41.3 Å². The number of carbonyl (C=O) groups excluding carboxylic acids is 4. The Kier molecular flexibility index (Phi) is 11.6. The molecule has 3 aromatic carbocycles. The first kappa shape index (κ1) is 35.1. The summed E-state index contributed by atoms with van der Waals surface area (Å²) >= 11 is 10.0. The number of aldehydes is 1. The molecule has 0 aromatic heterocycles. The van der Waals surface area contributed by atoms with Crippen molar-refractivity contribution < 1.29 is 23.9 Å². The minimum atomic E-state index is -0.724. The van der Waals surface area contributed by atoms with Crippen LogP contribution in [0.25, 0.3) is 0 Å². The second-order valence-electron chi connectivity index (χ2n) is 11.8. The molecular weight excluding hydrogens is 674 g/mol. The number of nitrogens with one attached hydrogen (secondary N) is 2. The number of hydrogen-bond acceptors (Lipinski definition) is 7. The Morgan fingerprint density at radius 2 is 1.78 bits per heavy atom. The number of nitrogens with zero attached hydrogens (tertiary/aromatic N) is 2. The molecule has 4 N–H and O–H groups in total. The van der Waals surface area contributed by atoms with Gasteiger partial charge in [-0.3, -0.25) is 19.8 Å². The van der Waals surface area contributed by atoms with Crippen LogP contribution in [-0.2, 0) is 9.59 Å². The number of nitrogens with two attached hydrogens (primary N) is 1. The molecule has 2 aliphatic rings. The van der Waals surface area contributed by atoms with E-state index in [1.165, 1.54) is 7.05 Å². The van der Waals surface area contributed by atoms with Crippen LogP contribution in [-0.4, -0.2) is 66.1 Å². The highest BCUT2D eigenvalue weighted by Gasteiger charge is 2.48. The number of halogens is 2. The highest BCUT2D eigenvalue weighted by atomic mass is 79.9. The minimum absolute atomic E-state index is 0.0717. The predicted octanol–water partition coefficient (Wildman–Crippen LogP) is 5.56. The zero-order chi connectivity index (χ0) is 33.6. The van der Waals surface area contributed by atoms with Crippen LogP contribution < -0.4 is 21.1 Å². The van der Waals surface area contributed by atoms with Gasteiger partial charge in [0.2, 0.25) is 5.91 Å². The lowest BCUT2D eigenvalue weighted by Gasteiger charge is -2.37. The van der Waals surface area contributed by atoms with Crippen molar-refractivity contribution in [1.29, 1.82) is 0 Å². The Hall–Kier alpha value is -3.77. The van der Waals surface area contributed by atoms with Gasteiger partial charge >= 0.3 is 6.03 Å². The molecule has 0 radical (unpaired) electrons. The van der Waals surface area contributed by atoms with Gasteiger partial charge in [-0.2, -0.15) is 0 Å². The van der Waals surface area contributed by atoms with Crippen molar-refractivity contribution in [3.05, 3.63) is 98.5 Å². The lowest BCUT2D eigenvalue weighted by atomic mass is 9.94. The van der Waals surface area contributed by atoms with Crippen LogP contribution in [0.3, 0.4) is 0 Å². The minimum Gasteiger partial charge on any atom is -0.488 e. The maximum Gasteiger partial charge on any atom is 0.322 e. The van der Waals surface area contributed by atoms with Gasteiger partial charge in [-0.15, -0.1) is 0 Å². The highest BCUT2D eigenvalue weighted by Crippen LogP contribution is 2.48. The molecule has 2 saturated heterocycles. The average molecular weight is 713 g/mol. The van der Waals surface area contributed by atoms with Crippen molar-refractivity contribution in [2.75, 3.05) is 26.7 Å². The molecule has 3 amide bonds. The van der Waals surface area contributed by atoms with Gasteiger partial charge in [0.05, 0.1) is 18.5 Å². The Bertz CT molecular complexity index is 1580. The van der Waals surface area contributed by atoms with Crippen molar-refractivity contribution in [2.45, 2.75) is 51.0 Å². The van der Waals surface area contributed by atoms with Crippen molar-refractivity contribution in [3.63, 3.8) is 0 Å². The molecule has 0 bridgehead atoms. The third-order valence-corrected chi connectivity index (χ3v) is 8.26. The number of benzene rings is 3. The first-order valence-corrected chi connectivity index (χ1v) is 16.1. The van der Waals surface area contributed by atoms with Crippen molar-refractivity contribution in [2.24, 2.45) is 5.73 Å².